The number of thioether (sulfide) groups is 1. The van der Waals surface area contributed by atoms with Crippen LogP contribution in [0.3, 0.4) is 0 Å². The third-order valence-electron chi connectivity index (χ3n) is 4.26. The average molecular weight is 370 g/mol. The maximum Gasteiger partial charge on any atom is 0.237 e. The van der Waals surface area contributed by atoms with Crippen LogP contribution in [0.25, 0.3) is 0 Å². The van der Waals surface area contributed by atoms with Gasteiger partial charge in [-0.05, 0) is 61.9 Å². The standard InChI is InChI=1S/C20H22N2O3S/c1-14(26-18-11-9-17(25-2)10-12-18)20(24)21-15-5-7-16(8-6-15)22-13-3-4-19(22)23/h5-12,14H,3-4,13H2,1-2H3,(H,21,24)/t14-/m0/s1. The van der Waals surface area contributed by atoms with Gasteiger partial charge >= 0.3 is 0 Å². The van der Waals surface area contributed by atoms with E-state index in [2.05, 4.69) is 5.32 Å². The zero-order valence-corrected chi connectivity index (χ0v) is 15.7. The Labute approximate surface area is 157 Å². The first-order chi connectivity index (χ1) is 12.6. The quantitative estimate of drug-likeness (QED) is 0.783. The molecular formula is C20H22N2O3S. The molecule has 1 fully saturated rings. The Morgan fingerprint density at radius 3 is 2.42 bits per heavy atom. The highest BCUT2D eigenvalue weighted by atomic mass is 32.2. The Morgan fingerprint density at radius 1 is 1.15 bits per heavy atom. The van der Waals surface area contributed by atoms with Crippen molar-refractivity contribution in [1.29, 1.82) is 0 Å². The first kappa shape index (κ1) is 18.3. The van der Waals surface area contributed by atoms with E-state index in [1.54, 1.807) is 12.0 Å². The number of hydrogen-bond acceptors (Lipinski definition) is 4. The molecule has 6 heteroatoms. The molecule has 136 valence electrons. The number of ether oxygens (including phenoxy) is 1. The van der Waals surface area contributed by atoms with Crippen LogP contribution in [0, 0.1) is 0 Å². The van der Waals surface area contributed by atoms with Gasteiger partial charge in [0.15, 0.2) is 0 Å². The molecule has 0 spiro atoms. The van der Waals surface area contributed by atoms with Crippen LogP contribution in [0.15, 0.2) is 53.4 Å². The van der Waals surface area contributed by atoms with Crippen LogP contribution in [0.4, 0.5) is 11.4 Å². The molecule has 0 bridgehead atoms. The lowest BCUT2D eigenvalue weighted by atomic mass is 10.2. The number of hydrogen-bond donors (Lipinski definition) is 1. The molecule has 1 aliphatic rings. The molecule has 0 aliphatic carbocycles. The minimum absolute atomic E-state index is 0.0594. The van der Waals surface area contributed by atoms with Crippen molar-refractivity contribution >= 4 is 35.0 Å². The number of anilines is 2. The Balaban J connectivity index is 1.57. The van der Waals surface area contributed by atoms with Gasteiger partial charge < -0.3 is 15.0 Å². The highest BCUT2D eigenvalue weighted by Gasteiger charge is 2.21. The van der Waals surface area contributed by atoms with Crippen LogP contribution >= 0.6 is 11.8 Å². The van der Waals surface area contributed by atoms with Crippen molar-refractivity contribution in [3.63, 3.8) is 0 Å². The van der Waals surface area contributed by atoms with Gasteiger partial charge in [-0.3, -0.25) is 9.59 Å². The summed E-state index contributed by atoms with van der Waals surface area (Å²) in [6.45, 7) is 2.64. The molecule has 1 heterocycles. The van der Waals surface area contributed by atoms with E-state index in [1.165, 1.54) is 11.8 Å². The van der Waals surface area contributed by atoms with Crippen LogP contribution < -0.4 is 15.0 Å². The molecule has 2 amide bonds. The first-order valence-electron chi connectivity index (χ1n) is 8.59. The van der Waals surface area contributed by atoms with Crippen LogP contribution in [0.2, 0.25) is 0 Å². The van der Waals surface area contributed by atoms with Crippen molar-refractivity contribution in [3.8, 4) is 5.75 Å². The third kappa shape index (κ3) is 4.38. The van der Waals surface area contributed by atoms with Gasteiger partial charge in [0.25, 0.3) is 0 Å². The zero-order chi connectivity index (χ0) is 18.5. The van der Waals surface area contributed by atoms with Gasteiger partial charge in [-0.1, -0.05) is 0 Å². The first-order valence-corrected chi connectivity index (χ1v) is 9.47. The summed E-state index contributed by atoms with van der Waals surface area (Å²) in [7, 11) is 1.63. The zero-order valence-electron chi connectivity index (χ0n) is 14.9. The topological polar surface area (TPSA) is 58.6 Å². The number of nitrogens with one attached hydrogen (secondary N) is 1. The molecule has 5 nitrogen and oxygen atoms in total. The highest BCUT2D eigenvalue weighted by Crippen LogP contribution is 2.27. The Bertz CT molecular complexity index is 775. The molecule has 2 aromatic rings. The van der Waals surface area contributed by atoms with E-state index >= 15 is 0 Å². The van der Waals surface area contributed by atoms with E-state index in [-0.39, 0.29) is 17.1 Å². The second-order valence-electron chi connectivity index (χ2n) is 6.12. The second kappa shape index (κ2) is 8.27. The van der Waals surface area contributed by atoms with Gasteiger partial charge in [0.05, 0.1) is 12.4 Å². The number of rotatable bonds is 6. The smallest absolute Gasteiger partial charge is 0.237 e. The summed E-state index contributed by atoms with van der Waals surface area (Å²) in [5, 5.41) is 2.69. The lowest BCUT2D eigenvalue weighted by molar-refractivity contribution is -0.117. The molecule has 1 aliphatic heterocycles. The lowest BCUT2D eigenvalue weighted by Crippen LogP contribution is -2.24. The fourth-order valence-electron chi connectivity index (χ4n) is 2.80. The second-order valence-corrected chi connectivity index (χ2v) is 7.53. The van der Waals surface area contributed by atoms with E-state index in [0.717, 1.165) is 35.0 Å². The van der Waals surface area contributed by atoms with Gasteiger partial charge in [-0.2, -0.15) is 0 Å². The summed E-state index contributed by atoms with van der Waals surface area (Å²) in [4.78, 5) is 27.0. The Hall–Kier alpha value is -2.47. The minimum Gasteiger partial charge on any atom is -0.497 e. The highest BCUT2D eigenvalue weighted by molar-refractivity contribution is 8.00. The molecule has 0 unspecified atom stereocenters. The van der Waals surface area contributed by atoms with E-state index in [9.17, 15) is 9.59 Å². The van der Waals surface area contributed by atoms with Gasteiger partial charge in [0.1, 0.15) is 5.75 Å². The maximum atomic E-state index is 12.4. The third-order valence-corrected chi connectivity index (χ3v) is 5.37. The van der Waals surface area contributed by atoms with E-state index in [0.29, 0.717) is 6.42 Å². The summed E-state index contributed by atoms with van der Waals surface area (Å²) in [6, 6.07) is 15.1. The Morgan fingerprint density at radius 2 is 1.85 bits per heavy atom. The molecular weight excluding hydrogens is 348 g/mol. The van der Waals surface area contributed by atoms with E-state index < -0.39 is 0 Å². The molecule has 1 saturated heterocycles. The van der Waals surface area contributed by atoms with Crippen molar-refractivity contribution < 1.29 is 14.3 Å². The predicted octanol–water partition coefficient (Wildman–Crippen LogP) is 3.94. The molecule has 0 radical (unpaired) electrons. The Kier molecular flexibility index (Phi) is 5.83. The van der Waals surface area contributed by atoms with Gasteiger partial charge in [-0.25, -0.2) is 0 Å². The van der Waals surface area contributed by atoms with Crippen molar-refractivity contribution in [2.75, 3.05) is 23.9 Å². The minimum atomic E-state index is -0.233. The molecule has 0 aromatic heterocycles. The molecule has 0 saturated carbocycles. The summed E-state index contributed by atoms with van der Waals surface area (Å²) in [6.07, 6.45) is 1.51. The predicted molar refractivity (Wildman–Crippen MR) is 105 cm³/mol. The number of amides is 2. The number of carbonyl (C=O) groups is 2. The number of benzene rings is 2. The lowest BCUT2D eigenvalue weighted by Gasteiger charge is -2.17. The van der Waals surface area contributed by atoms with Gasteiger partial charge in [0.2, 0.25) is 11.8 Å². The van der Waals surface area contributed by atoms with Gasteiger partial charge in [0, 0.05) is 29.2 Å². The SMILES string of the molecule is COc1ccc(S[C@@H](C)C(=O)Nc2ccc(N3CCCC3=O)cc2)cc1. The fourth-order valence-corrected chi connectivity index (χ4v) is 3.67. The maximum absolute atomic E-state index is 12.4. The van der Waals surface area contributed by atoms with Crippen LogP contribution in [-0.4, -0.2) is 30.7 Å². The average Bonchev–Trinajstić information content (AvgIpc) is 3.09. The molecule has 3 rings (SSSR count). The number of carbonyl (C=O) groups excluding carboxylic acids is 2. The fraction of sp³-hybridized carbons (Fsp3) is 0.300. The summed E-state index contributed by atoms with van der Waals surface area (Å²) < 4.78 is 5.14. The van der Waals surface area contributed by atoms with Crippen LogP contribution in [0.5, 0.6) is 5.75 Å². The van der Waals surface area contributed by atoms with E-state index in [4.69, 9.17) is 4.74 Å². The van der Waals surface area contributed by atoms with Crippen molar-refractivity contribution in [2.24, 2.45) is 0 Å². The van der Waals surface area contributed by atoms with Gasteiger partial charge in [-0.15, -0.1) is 11.8 Å². The normalized spacial score (nSPS) is 15.0. The summed E-state index contributed by atoms with van der Waals surface area (Å²) in [5.41, 5.74) is 1.61. The van der Waals surface area contributed by atoms with E-state index in [1.807, 2.05) is 55.5 Å². The van der Waals surface area contributed by atoms with Crippen LogP contribution in [0.1, 0.15) is 19.8 Å². The van der Waals surface area contributed by atoms with Crippen LogP contribution in [-0.2, 0) is 9.59 Å². The monoisotopic (exact) mass is 370 g/mol. The summed E-state index contributed by atoms with van der Waals surface area (Å²) in [5.74, 6) is 0.894. The van der Waals surface area contributed by atoms with Crippen molar-refractivity contribution in [1.82, 2.24) is 0 Å². The van der Waals surface area contributed by atoms with Crippen molar-refractivity contribution in [2.45, 2.75) is 29.9 Å². The molecule has 26 heavy (non-hydrogen) atoms. The number of nitrogens with zero attached hydrogens (tertiary/aromatic N) is 1. The largest absolute Gasteiger partial charge is 0.497 e. The number of methoxy groups -OCH3 is 1. The molecule has 2 aromatic carbocycles. The summed E-state index contributed by atoms with van der Waals surface area (Å²) >= 11 is 1.49. The van der Waals surface area contributed by atoms with Crippen molar-refractivity contribution in [3.05, 3.63) is 48.5 Å². The molecule has 1 N–H and O–H groups in total. The molecule has 1 atom stereocenters.